The van der Waals surface area contributed by atoms with Crippen LogP contribution < -0.4 is 4.90 Å². The van der Waals surface area contributed by atoms with Gasteiger partial charge < -0.3 is 0 Å². The number of benzene rings is 1. The third-order valence-electron chi connectivity index (χ3n) is 4.24. The van der Waals surface area contributed by atoms with Gasteiger partial charge in [-0.1, -0.05) is 13.8 Å². The lowest BCUT2D eigenvalue weighted by Crippen LogP contribution is -2.36. The fraction of sp³-hybridized carbons (Fsp3) is 0.368. The molecule has 0 saturated carbocycles. The predicted octanol–water partition coefficient (Wildman–Crippen LogP) is 4.62. The first kappa shape index (κ1) is 23.1. The van der Waals surface area contributed by atoms with E-state index < -0.39 is 49.6 Å². The third kappa shape index (κ3) is 4.69. The van der Waals surface area contributed by atoms with Crippen LogP contribution in [0.5, 0.6) is 0 Å². The zero-order valence-corrected chi connectivity index (χ0v) is 17.9. The van der Waals surface area contributed by atoms with Crippen molar-refractivity contribution in [2.75, 3.05) is 10.7 Å². The van der Waals surface area contributed by atoms with Crippen LogP contribution in [0.4, 0.5) is 18.9 Å². The molecular weight excluding hydrogens is 427 g/mol. The van der Waals surface area contributed by atoms with E-state index in [-0.39, 0.29) is 0 Å². The molecule has 2 rings (SSSR count). The zero-order valence-electron chi connectivity index (χ0n) is 16.3. The van der Waals surface area contributed by atoms with Gasteiger partial charge in [0.2, 0.25) is 5.91 Å². The van der Waals surface area contributed by atoms with E-state index in [4.69, 9.17) is 0 Å². The van der Waals surface area contributed by atoms with Crippen LogP contribution in [0.2, 0.25) is 0 Å². The summed E-state index contributed by atoms with van der Waals surface area (Å²) < 4.78 is 64.2. The number of hydrogen-bond acceptors (Lipinski definition) is 5. The molecule has 2 aromatic rings. The van der Waals surface area contributed by atoms with Crippen molar-refractivity contribution < 1.29 is 31.2 Å². The summed E-state index contributed by atoms with van der Waals surface area (Å²) in [5, 5.41) is 0. The summed E-state index contributed by atoms with van der Waals surface area (Å²) in [6.45, 7) is 6.04. The van der Waals surface area contributed by atoms with Crippen LogP contribution in [-0.2, 0) is 27.2 Å². The second-order valence-electron chi connectivity index (χ2n) is 6.29. The molecule has 0 unspecified atom stereocenters. The van der Waals surface area contributed by atoms with Gasteiger partial charge in [0.25, 0.3) is 5.91 Å². The minimum atomic E-state index is -4.78. The largest absolute Gasteiger partial charge is 0.416 e. The van der Waals surface area contributed by atoms with Crippen LogP contribution in [0.3, 0.4) is 0 Å². The van der Waals surface area contributed by atoms with Crippen LogP contribution in [0.1, 0.15) is 46.4 Å². The van der Waals surface area contributed by atoms with Gasteiger partial charge in [-0.25, -0.2) is 13.3 Å². The Hall–Kier alpha value is -2.20. The smallest absolute Gasteiger partial charge is 0.274 e. The van der Waals surface area contributed by atoms with Gasteiger partial charge in [0, 0.05) is 16.7 Å². The summed E-state index contributed by atoms with van der Waals surface area (Å²) in [6.07, 6.45) is -4.25. The molecular formula is C19H20F3NO4S2. The van der Waals surface area contributed by atoms with Gasteiger partial charge in [-0.05, 0) is 37.6 Å². The standard InChI is InChI=1S/C19H20F3NO4S2/c1-5-16-15(9-11(3)28-16)23(12(4)24)18(25)14-8-7-13(19(20,21)22)10-17(14)29(26,27)6-2/h7-10H,5-6H2,1-4H3. The van der Waals surface area contributed by atoms with Crippen LogP contribution in [-0.4, -0.2) is 26.0 Å². The van der Waals surface area contributed by atoms with Crippen LogP contribution in [0, 0.1) is 6.92 Å². The Morgan fingerprint density at radius 2 is 1.76 bits per heavy atom. The molecule has 158 valence electrons. The topological polar surface area (TPSA) is 71.5 Å². The van der Waals surface area contributed by atoms with E-state index in [0.29, 0.717) is 24.2 Å². The number of hydrogen-bond donors (Lipinski definition) is 0. The number of carbonyl (C=O) groups excluding carboxylic acids is 2. The van der Waals surface area contributed by atoms with Gasteiger partial charge >= 0.3 is 6.18 Å². The first-order chi connectivity index (χ1) is 13.3. The van der Waals surface area contributed by atoms with Crippen molar-refractivity contribution >= 4 is 38.7 Å². The highest BCUT2D eigenvalue weighted by atomic mass is 32.2. The van der Waals surface area contributed by atoms with Crippen LogP contribution >= 0.6 is 11.3 Å². The number of aryl methyl sites for hydroxylation is 2. The summed E-state index contributed by atoms with van der Waals surface area (Å²) >= 11 is 1.38. The fourth-order valence-corrected chi connectivity index (χ4v) is 4.89. The van der Waals surface area contributed by atoms with Crippen molar-refractivity contribution in [2.24, 2.45) is 0 Å². The van der Waals surface area contributed by atoms with Gasteiger partial charge in [0.05, 0.1) is 27.5 Å². The fourth-order valence-electron chi connectivity index (χ4n) is 2.82. The monoisotopic (exact) mass is 447 g/mol. The van der Waals surface area contributed by atoms with Gasteiger partial charge in [-0.15, -0.1) is 11.3 Å². The number of nitrogens with zero attached hydrogens (tertiary/aromatic N) is 1. The molecule has 10 heteroatoms. The van der Waals surface area contributed by atoms with E-state index in [1.54, 1.807) is 13.0 Å². The maximum absolute atomic E-state index is 13.2. The molecule has 1 aromatic carbocycles. The maximum atomic E-state index is 13.2. The molecule has 1 aromatic heterocycles. The number of carbonyl (C=O) groups is 2. The Labute approximate surface area is 171 Å². The number of alkyl halides is 3. The molecule has 0 N–H and O–H groups in total. The highest BCUT2D eigenvalue weighted by molar-refractivity contribution is 7.91. The molecule has 0 aliphatic heterocycles. The Morgan fingerprint density at radius 1 is 1.14 bits per heavy atom. The number of amides is 2. The molecule has 5 nitrogen and oxygen atoms in total. The molecule has 1 heterocycles. The lowest BCUT2D eigenvalue weighted by Gasteiger charge is -2.21. The highest BCUT2D eigenvalue weighted by Gasteiger charge is 2.35. The van der Waals surface area contributed by atoms with Crippen LogP contribution in [0.15, 0.2) is 29.2 Å². The van der Waals surface area contributed by atoms with Gasteiger partial charge in [0.1, 0.15) is 0 Å². The molecule has 0 saturated heterocycles. The predicted molar refractivity (Wildman–Crippen MR) is 105 cm³/mol. The molecule has 0 atom stereocenters. The molecule has 0 radical (unpaired) electrons. The lowest BCUT2D eigenvalue weighted by atomic mass is 10.1. The second-order valence-corrected chi connectivity index (χ2v) is 9.88. The summed E-state index contributed by atoms with van der Waals surface area (Å²) in [6, 6.07) is 3.53. The molecule has 0 aliphatic carbocycles. The molecule has 0 aliphatic rings. The maximum Gasteiger partial charge on any atom is 0.416 e. The molecule has 2 amide bonds. The van der Waals surface area contributed by atoms with E-state index in [9.17, 15) is 31.2 Å². The van der Waals surface area contributed by atoms with E-state index in [2.05, 4.69) is 0 Å². The second kappa shape index (κ2) is 8.27. The van der Waals surface area contributed by atoms with Gasteiger partial charge in [-0.3, -0.25) is 9.59 Å². The minimum Gasteiger partial charge on any atom is -0.274 e. The molecule has 0 spiro atoms. The highest BCUT2D eigenvalue weighted by Crippen LogP contribution is 2.35. The number of thiophene rings is 1. The van der Waals surface area contributed by atoms with Gasteiger partial charge in [0.15, 0.2) is 9.84 Å². The van der Waals surface area contributed by atoms with Gasteiger partial charge in [-0.2, -0.15) is 13.2 Å². The van der Waals surface area contributed by atoms with E-state index >= 15 is 0 Å². The van der Waals surface area contributed by atoms with Crippen molar-refractivity contribution in [1.82, 2.24) is 0 Å². The summed E-state index contributed by atoms with van der Waals surface area (Å²) in [4.78, 5) is 27.1. The Bertz CT molecular complexity index is 1060. The van der Waals surface area contributed by atoms with Crippen molar-refractivity contribution in [3.8, 4) is 0 Å². The average Bonchev–Trinajstić information content (AvgIpc) is 3.00. The number of imide groups is 1. The molecule has 0 bridgehead atoms. The number of anilines is 1. The number of sulfone groups is 1. The van der Waals surface area contributed by atoms with E-state index in [1.807, 2.05) is 6.92 Å². The minimum absolute atomic E-state index is 0.312. The zero-order chi connectivity index (χ0) is 22.1. The average molecular weight is 448 g/mol. The normalized spacial score (nSPS) is 12.1. The van der Waals surface area contributed by atoms with Crippen molar-refractivity contribution in [3.63, 3.8) is 0 Å². The quantitative estimate of drug-likeness (QED) is 0.670. The number of halogens is 3. The first-order valence-corrected chi connectivity index (χ1v) is 11.2. The first-order valence-electron chi connectivity index (χ1n) is 8.71. The van der Waals surface area contributed by atoms with E-state index in [1.165, 1.54) is 18.3 Å². The molecule has 29 heavy (non-hydrogen) atoms. The van der Waals surface area contributed by atoms with Crippen molar-refractivity contribution in [1.29, 1.82) is 0 Å². The Balaban J connectivity index is 2.73. The number of rotatable bonds is 5. The Morgan fingerprint density at radius 3 is 2.24 bits per heavy atom. The van der Waals surface area contributed by atoms with Crippen LogP contribution in [0.25, 0.3) is 0 Å². The summed E-state index contributed by atoms with van der Waals surface area (Å²) in [5.74, 6) is -2.14. The summed E-state index contributed by atoms with van der Waals surface area (Å²) in [5.41, 5.74) is -1.34. The van der Waals surface area contributed by atoms with Crippen molar-refractivity contribution in [3.05, 3.63) is 45.1 Å². The molecule has 0 fully saturated rings. The van der Waals surface area contributed by atoms with E-state index in [0.717, 1.165) is 27.6 Å². The Kier molecular flexibility index (Phi) is 6.58. The van der Waals surface area contributed by atoms with Crippen molar-refractivity contribution in [2.45, 2.75) is 45.2 Å². The summed E-state index contributed by atoms with van der Waals surface area (Å²) in [7, 11) is -4.16. The SMILES string of the molecule is CCc1sc(C)cc1N(C(C)=O)C(=O)c1ccc(C(F)(F)F)cc1S(=O)(=O)CC. The lowest BCUT2D eigenvalue weighted by molar-refractivity contribution is -0.137. The third-order valence-corrected chi connectivity index (χ3v) is 7.20.